The van der Waals surface area contributed by atoms with Crippen LogP contribution in [0.25, 0.3) is 55.4 Å². The average Bonchev–Trinajstić information content (AvgIpc) is 3.43. The van der Waals surface area contributed by atoms with E-state index in [4.69, 9.17) is 4.42 Å². The molecule has 40 heavy (non-hydrogen) atoms. The molecule has 0 saturated heterocycles. The fourth-order valence-corrected chi connectivity index (χ4v) is 6.58. The molecule has 194 valence electrons. The first-order valence-electron chi connectivity index (χ1n) is 13.5. The number of halogens is 1. The lowest BCUT2D eigenvalue weighted by Gasteiger charge is -2.21. The van der Waals surface area contributed by atoms with Gasteiger partial charge in [-0.2, -0.15) is 5.26 Å². The highest BCUT2D eigenvalue weighted by Crippen LogP contribution is 2.50. The minimum absolute atomic E-state index is 0.0981. The quantitative estimate of drug-likeness (QED) is 0.213. The molecular weight excluding hydrogens is 495 g/mol. The Hall–Kier alpha value is -4.75. The summed E-state index contributed by atoms with van der Waals surface area (Å²) in [5, 5.41) is 12.1. The minimum Gasteiger partial charge on any atom is -0.454 e. The number of furan rings is 1. The first-order valence-corrected chi connectivity index (χ1v) is 13.5. The number of fused-ring (bicyclic) bond motifs is 6. The summed E-state index contributed by atoms with van der Waals surface area (Å²) in [6.07, 6.45) is 1.80. The van der Waals surface area contributed by atoms with Crippen molar-refractivity contribution in [2.24, 2.45) is 7.05 Å². The third-order valence-electron chi connectivity index (χ3n) is 8.67. The third kappa shape index (κ3) is 3.24. The number of rotatable bonds is 2. The van der Waals surface area contributed by atoms with Gasteiger partial charge in [-0.05, 0) is 65.4 Å². The van der Waals surface area contributed by atoms with Crippen LogP contribution in [0.4, 0.5) is 4.39 Å². The van der Waals surface area contributed by atoms with E-state index < -0.39 is 0 Å². The molecule has 1 aliphatic carbocycles. The van der Waals surface area contributed by atoms with Gasteiger partial charge in [-0.15, -0.1) is 0 Å². The Morgan fingerprint density at radius 1 is 0.800 bits per heavy atom. The molecule has 0 amide bonds. The third-order valence-corrected chi connectivity index (χ3v) is 8.67. The number of nitrogens with zero attached hydrogens (tertiary/aromatic N) is 2. The zero-order valence-electron chi connectivity index (χ0n) is 23.2. The molecule has 0 spiro atoms. The number of aryl methyl sites for hydroxylation is 3. The van der Waals surface area contributed by atoms with Crippen molar-refractivity contribution in [1.82, 2.24) is 0 Å². The van der Waals surface area contributed by atoms with Crippen LogP contribution in [-0.2, 0) is 12.5 Å². The van der Waals surface area contributed by atoms with E-state index in [-0.39, 0.29) is 11.2 Å². The normalized spacial score (nSPS) is 13.4. The lowest BCUT2D eigenvalue weighted by Crippen LogP contribution is -2.31. The van der Waals surface area contributed by atoms with E-state index in [1.807, 2.05) is 30.7 Å². The van der Waals surface area contributed by atoms with E-state index in [9.17, 15) is 9.65 Å². The molecule has 7 rings (SSSR count). The van der Waals surface area contributed by atoms with Crippen molar-refractivity contribution in [2.75, 3.05) is 0 Å². The number of nitriles is 1. The van der Waals surface area contributed by atoms with Crippen LogP contribution in [0, 0.1) is 31.0 Å². The largest absolute Gasteiger partial charge is 0.454 e. The van der Waals surface area contributed by atoms with E-state index in [0.29, 0.717) is 22.3 Å². The van der Waals surface area contributed by atoms with Crippen LogP contribution in [0.15, 0.2) is 83.4 Å². The van der Waals surface area contributed by atoms with Crippen molar-refractivity contribution in [1.29, 1.82) is 5.26 Å². The highest BCUT2D eigenvalue weighted by Gasteiger charge is 2.35. The summed E-state index contributed by atoms with van der Waals surface area (Å²) in [6, 6.07) is 27.0. The van der Waals surface area contributed by atoms with Gasteiger partial charge in [-0.1, -0.05) is 62.4 Å². The summed E-state index contributed by atoms with van der Waals surface area (Å²) >= 11 is 0. The Kier molecular flexibility index (Phi) is 5.09. The van der Waals surface area contributed by atoms with Gasteiger partial charge in [0, 0.05) is 33.4 Å². The van der Waals surface area contributed by atoms with Crippen molar-refractivity contribution in [3.8, 4) is 39.6 Å². The highest BCUT2D eigenvalue weighted by molar-refractivity contribution is 6.14. The lowest BCUT2D eigenvalue weighted by atomic mass is 9.82. The Bertz CT molecular complexity index is 2090. The summed E-state index contributed by atoms with van der Waals surface area (Å²) in [4.78, 5) is 0. The summed E-state index contributed by atoms with van der Waals surface area (Å²) in [5.41, 5.74) is 11.7. The molecule has 2 aromatic heterocycles. The molecule has 0 saturated carbocycles. The smallest absolute Gasteiger partial charge is 0.219 e. The topological polar surface area (TPSA) is 40.8 Å². The average molecular weight is 524 g/mol. The zero-order chi connectivity index (χ0) is 27.9. The van der Waals surface area contributed by atoms with Crippen LogP contribution >= 0.6 is 0 Å². The molecule has 0 N–H and O–H groups in total. The molecular formula is C36H28FN2O+. The van der Waals surface area contributed by atoms with Crippen LogP contribution in [0.2, 0.25) is 0 Å². The molecule has 2 heterocycles. The molecule has 6 aromatic rings. The first-order chi connectivity index (χ1) is 19.2. The van der Waals surface area contributed by atoms with Crippen molar-refractivity contribution >= 4 is 21.9 Å². The van der Waals surface area contributed by atoms with Crippen molar-refractivity contribution in [2.45, 2.75) is 33.1 Å². The summed E-state index contributed by atoms with van der Waals surface area (Å²) in [7, 11) is 1.92. The fraction of sp³-hybridized carbons (Fsp3) is 0.167. The standard InChI is InChI=1S/C36H28FN2O/c1-20-10-13-25-26-14-11-23(18-38)33(35(26)40-34(25)32(20)31-17-30(37)21(2)19-39(31)5)22-12-15-29-27(16-22)24-8-6-7-9-28(24)36(29,3)4/h6-17,19H,1-5H3/q+1. The van der Waals surface area contributed by atoms with Crippen molar-refractivity contribution in [3.63, 3.8) is 0 Å². The molecule has 0 atom stereocenters. The second-order valence-corrected chi connectivity index (χ2v) is 11.4. The second-order valence-electron chi connectivity index (χ2n) is 11.4. The number of hydrogen-bond acceptors (Lipinski definition) is 2. The Morgan fingerprint density at radius 3 is 2.27 bits per heavy atom. The Morgan fingerprint density at radius 2 is 1.50 bits per heavy atom. The van der Waals surface area contributed by atoms with E-state index >= 15 is 0 Å². The number of hydrogen-bond donors (Lipinski definition) is 0. The monoisotopic (exact) mass is 523 g/mol. The van der Waals surface area contributed by atoms with Gasteiger partial charge >= 0.3 is 0 Å². The van der Waals surface area contributed by atoms with Gasteiger partial charge in [0.2, 0.25) is 5.69 Å². The van der Waals surface area contributed by atoms with Gasteiger partial charge in [0.25, 0.3) is 0 Å². The van der Waals surface area contributed by atoms with Gasteiger partial charge in [0.15, 0.2) is 6.20 Å². The van der Waals surface area contributed by atoms with E-state index in [1.54, 1.807) is 19.2 Å². The predicted molar refractivity (Wildman–Crippen MR) is 157 cm³/mol. The maximum atomic E-state index is 14.8. The van der Waals surface area contributed by atoms with Gasteiger partial charge in [-0.3, -0.25) is 0 Å². The predicted octanol–water partition coefficient (Wildman–Crippen LogP) is 8.68. The van der Waals surface area contributed by atoms with E-state index in [1.165, 1.54) is 22.3 Å². The van der Waals surface area contributed by atoms with Gasteiger partial charge in [0.1, 0.15) is 24.0 Å². The molecule has 0 aliphatic heterocycles. The summed E-state index contributed by atoms with van der Waals surface area (Å²) in [5.74, 6) is -0.255. The second kappa shape index (κ2) is 8.37. The number of aromatic nitrogens is 1. The summed E-state index contributed by atoms with van der Waals surface area (Å²) < 4.78 is 23.4. The highest BCUT2D eigenvalue weighted by atomic mass is 19.1. The molecule has 1 aliphatic rings. The molecule has 4 aromatic carbocycles. The van der Waals surface area contributed by atoms with Gasteiger partial charge in [0.05, 0.1) is 17.2 Å². The summed E-state index contributed by atoms with van der Waals surface area (Å²) in [6.45, 7) is 8.30. The number of pyridine rings is 1. The van der Waals surface area contributed by atoms with Crippen molar-refractivity contribution < 1.29 is 13.4 Å². The maximum Gasteiger partial charge on any atom is 0.219 e. The molecule has 0 radical (unpaired) electrons. The van der Waals surface area contributed by atoms with Crippen molar-refractivity contribution in [3.05, 3.63) is 113 Å². The Balaban J connectivity index is 1.53. The van der Waals surface area contributed by atoms with Crippen LogP contribution < -0.4 is 4.57 Å². The molecule has 0 fully saturated rings. The lowest BCUT2D eigenvalue weighted by molar-refractivity contribution is -0.661. The van der Waals surface area contributed by atoms with E-state index in [0.717, 1.165) is 38.7 Å². The van der Waals surface area contributed by atoms with E-state index in [2.05, 4.69) is 74.5 Å². The Labute approximate surface area is 232 Å². The minimum atomic E-state index is -0.255. The van der Waals surface area contributed by atoms with Gasteiger partial charge < -0.3 is 4.42 Å². The van der Waals surface area contributed by atoms with Gasteiger partial charge in [-0.25, -0.2) is 8.96 Å². The van der Waals surface area contributed by atoms with Crippen LogP contribution in [0.3, 0.4) is 0 Å². The number of benzene rings is 4. The first kappa shape index (κ1) is 24.3. The molecule has 4 heteroatoms. The molecule has 0 unspecified atom stereocenters. The zero-order valence-corrected chi connectivity index (χ0v) is 23.2. The van der Waals surface area contributed by atoms with Crippen LogP contribution in [-0.4, -0.2) is 0 Å². The molecule has 3 nitrogen and oxygen atoms in total. The fourth-order valence-electron chi connectivity index (χ4n) is 6.58. The van der Waals surface area contributed by atoms with Crippen LogP contribution in [0.1, 0.15) is 41.7 Å². The SMILES string of the molecule is Cc1c[n+](C)c(-c2c(C)ccc3c2oc2c(-c4ccc5c(c4)-c4ccccc4C5(C)C)c(C#N)ccc23)cc1F. The molecule has 0 bridgehead atoms. The van der Waals surface area contributed by atoms with Crippen LogP contribution in [0.5, 0.6) is 0 Å². The maximum absolute atomic E-state index is 14.8.